The summed E-state index contributed by atoms with van der Waals surface area (Å²) in [4.78, 5) is 0. The fraction of sp³-hybridized carbons (Fsp3) is 0.600. The van der Waals surface area contributed by atoms with Crippen LogP contribution in [0.25, 0.3) is 0 Å². The molecule has 0 aliphatic heterocycles. The van der Waals surface area contributed by atoms with E-state index in [-0.39, 0.29) is 5.92 Å². The Kier molecular flexibility index (Phi) is 3.90. The summed E-state index contributed by atoms with van der Waals surface area (Å²) in [5.41, 5.74) is 0.494. The molecular weight excluding hydrogens is 253 g/mol. The Balaban J connectivity index is 2.26. The van der Waals surface area contributed by atoms with E-state index in [4.69, 9.17) is 0 Å². The van der Waals surface area contributed by atoms with Gasteiger partial charge in [0.15, 0.2) is 0 Å². The summed E-state index contributed by atoms with van der Waals surface area (Å²) >= 11 is 0. The van der Waals surface area contributed by atoms with Crippen LogP contribution in [0, 0.1) is 18.8 Å². The number of hydrogen-bond acceptors (Lipinski definition) is 1. The molecule has 106 valence electrons. The maximum absolute atomic E-state index is 12.6. The van der Waals surface area contributed by atoms with Gasteiger partial charge in [-0.05, 0) is 48.4 Å². The summed E-state index contributed by atoms with van der Waals surface area (Å²) in [7, 11) is 0. The quantitative estimate of drug-likeness (QED) is 0.841. The smallest absolute Gasteiger partial charge is 0.388 e. The summed E-state index contributed by atoms with van der Waals surface area (Å²) in [6.45, 7) is 3.73. The van der Waals surface area contributed by atoms with E-state index in [0.717, 1.165) is 31.4 Å². The lowest BCUT2D eigenvalue weighted by Gasteiger charge is -2.24. The highest BCUT2D eigenvalue weighted by atomic mass is 19.4. The fourth-order valence-electron chi connectivity index (χ4n) is 3.06. The lowest BCUT2D eigenvalue weighted by molar-refractivity contribution is -0.137. The molecule has 19 heavy (non-hydrogen) atoms. The van der Waals surface area contributed by atoms with Crippen LogP contribution in [0.1, 0.15) is 49.0 Å². The Bertz CT molecular complexity index is 453. The molecule has 1 N–H and O–H groups in total. The van der Waals surface area contributed by atoms with Crippen molar-refractivity contribution >= 4 is 0 Å². The molecule has 0 spiro atoms. The maximum Gasteiger partial charge on any atom is 0.416 e. The molecular formula is C15H19F3O. The van der Waals surface area contributed by atoms with Crippen molar-refractivity contribution in [2.45, 2.75) is 45.4 Å². The van der Waals surface area contributed by atoms with Gasteiger partial charge in [-0.2, -0.15) is 13.2 Å². The van der Waals surface area contributed by atoms with Crippen LogP contribution < -0.4 is 0 Å². The van der Waals surface area contributed by atoms with Crippen molar-refractivity contribution in [3.63, 3.8) is 0 Å². The van der Waals surface area contributed by atoms with E-state index >= 15 is 0 Å². The van der Waals surface area contributed by atoms with Crippen LogP contribution in [0.3, 0.4) is 0 Å². The summed E-state index contributed by atoms with van der Waals surface area (Å²) < 4.78 is 37.8. The second-order valence-electron chi connectivity index (χ2n) is 5.59. The van der Waals surface area contributed by atoms with Crippen molar-refractivity contribution < 1.29 is 18.3 Å². The van der Waals surface area contributed by atoms with Gasteiger partial charge in [0.2, 0.25) is 0 Å². The zero-order valence-electron chi connectivity index (χ0n) is 11.2. The molecule has 1 saturated carbocycles. The van der Waals surface area contributed by atoms with Crippen LogP contribution in [-0.2, 0) is 6.18 Å². The fourth-order valence-corrected chi connectivity index (χ4v) is 3.06. The number of aliphatic hydroxyl groups excluding tert-OH is 1. The SMILES string of the molecule is Cc1cc(C(F)(F)F)ccc1C(O)C1CCCC1C. The zero-order valence-corrected chi connectivity index (χ0v) is 11.2. The topological polar surface area (TPSA) is 20.2 Å². The largest absolute Gasteiger partial charge is 0.416 e. The highest BCUT2D eigenvalue weighted by Gasteiger charge is 2.34. The lowest BCUT2D eigenvalue weighted by atomic mass is 9.86. The first-order valence-electron chi connectivity index (χ1n) is 6.66. The molecule has 1 fully saturated rings. The lowest BCUT2D eigenvalue weighted by Crippen LogP contribution is -2.16. The van der Waals surface area contributed by atoms with E-state index in [2.05, 4.69) is 6.92 Å². The van der Waals surface area contributed by atoms with Crippen molar-refractivity contribution in [2.75, 3.05) is 0 Å². The molecule has 0 radical (unpaired) electrons. The normalized spacial score (nSPS) is 25.6. The van der Waals surface area contributed by atoms with E-state index in [1.54, 1.807) is 6.92 Å². The molecule has 3 atom stereocenters. The van der Waals surface area contributed by atoms with E-state index in [1.807, 2.05) is 0 Å². The van der Waals surface area contributed by atoms with Gasteiger partial charge >= 0.3 is 6.18 Å². The molecule has 1 aliphatic rings. The molecule has 2 rings (SSSR count). The number of aliphatic hydroxyl groups is 1. The Hall–Kier alpha value is -1.03. The van der Waals surface area contributed by atoms with Crippen LogP contribution in [-0.4, -0.2) is 5.11 Å². The Morgan fingerprint density at radius 3 is 2.42 bits per heavy atom. The summed E-state index contributed by atoms with van der Waals surface area (Å²) in [5, 5.41) is 10.4. The molecule has 1 aromatic carbocycles. The van der Waals surface area contributed by atoms with E-state index in [1.165, 1.54) is 6.07 Å². The summed E-state index contributed by atoms with van der Waals surface area (Å²) in [6, 6.07) is 3.61. The predicted octanol–water partition coefficient (Wildman–Crippen LogP) is 4.48. The Morgan fingerprint density at radius 2 is 1.95 bits per heavy atom. The Morgan fingerprint density at radius 1 is 1.26 bits per heavy atom. The van der Waals surface area contributed by atoms with Gasteiger partial charge in [-0.15, -0.1) is 0 Å². The minimum Gasteiger partial charge on any atom is -0.388 e. The minimum atomic E-state index is -4.32. The average Bonchev–Trinajstić information content (AvgIpc) is 2.73. The molecule has 0 aromatic heterocycles. The van der Waals surface area contributed by atoms with Gasteiger partial charge in [0.1, 0.15) is 0 Å². The van der Waals surface area contributed by atoms with Crippen molar-refractivity contribution in [1.29, 1.82) is 0 Å². The van der Waals surface area contributed by atoms with Gasteiger partial charge in [-0.1, -0.05) is 25.8 Å². The summed E-state index contributed by atoms with van der Waals surface area (Å²) in [6.07, 6.45) is -1.86. The van der Waals surface area contributed by atoms with Crippen LogP contribution >= 0.6 is 0 Å². The third-order valence-electron chi connectivity index (χ3n) is 4.25. The first-order chi connectivity index (χ1) is 8.80. The first kappa shape index (κ1) is 14.4. The number of aryl methyl sites for hydroxylation is 1. The van der Waals surface area contributed by atoms with Crippen molar-refractivity contribution in [3.05, 3.63) is 34.9 Å². The molecule has 0 heterocycles. The van der Waals surface area contributed by atoms with Gasteiger partial charge < -0.3 is 5.11 Å². The molecule has 1 aromatic rings. The number of rotatable bonds is 2. The Labute approximate surface area is 111 Å². The van der Waals surface area contributed by atoms with Crippen molar-refractivity contribution in [1.82, 2.24) is 0 Å². The average molecular weight is 272 g/mol. The second-order valence-corrected chi connectivity index (χ2v) is 5.59. The molecule has 0 amide bonds. The number of alkyl halides is 3. The molecule has 4 heteroatoms. The van der Waals surface area contributed by atoms with Gasteiger partial charge in [0, 0.05) is 0 Å². The monoisotopic (exact) mass is 272 g/mol. The summed E-state index contributed by atoms with van der Waals surface area (Å²) in [5.74, 6) is 0.590. The van der Waals surface area contributed by atoms with E-state index in [9.17, 15) is 18.3 Å². The third-order valence-corrected chi connectivity index (χ3v) is 4.25. The van der Waals surface area contributed by atoms with Gasteiger partial charge in [-0.3, -0.25) is 0 Å². The molecule has 1 nitrogen and oxygen atoms in total. The number of hydrogen-bond donors (Lipinski definition) is 1. The molecule has 1 aliphatic carbocycles. The third kappa shape index (κ3) is 2.94. The minimum absolute atomic E-state index is 0.162. The van der Waals surface area contributed by atoms with Gasteiger partial charge in [0.05, 0.1) is 11.7 Å². The van der Waals surface area contributed by atoms with Crippen LogP contribution in [0.15, 0.2) is 18.2 Å². The van der Waals surface area contributed by atoms with Crippen molar-refractivity contribution in [3.8, 4) is 0 Å². The molecule has 0 bridgehead atoms. The first-order valence-corrected chi connectivity index (χ1v) is 6.66. The van der Waals surface area contributed by atoms with E-state index in [0.29, 0.717) is 17.0 Å². The van der Waals surface area contributed by atoms with Crippen LogP contribution in [0.2, 0.25) is 0 Å². The number of halogens is 3. The zero-order chi connectivity index (χ0) is 14.2. The molecule has 3 unspecified atom stereocenters. The highest BCUT2D eigenvalue weighted by Crippen LogP contribution is 2.41. The van der Waals surface area contributed by atoms with Crippen molar-refractivity contribution in [2.24, 2.45) is 11.8 Å². The maximum atomic E-state index is 12.6. The van der Waals surface area contributed by atoms with Gasteiger partial charge in [-0.25, -0.2) is 0 Å². The van der Waals surface area contributed by atoms with Gasteiger partial charge in [0.25, 0.3) is 0 Å². The highest BCUT2D eigenvalue weighted by molar-refractivity contribution is 5.34. The predicted molar refractivity (Wildman–Crippen MR) is 67.6 cm³/mol. The standard InChI is InChI=1S/C15H19F3O/c1-9-4-3-5-12(9)14(19)13-7-6-11(8-10(13)2)15(16,17)18/h6-9,12,14,19H,3-5H2,1-2H3. The van der Waals surface area contributed by atoms with Crippen LogP contribution in [0.4, 0.5) is 13.2 Å². The second kappa shape index (κ2) is 5.16. The van der Waals surface area contributed by atoms with Crippen LogP contribution in [0.5, 0.6) is 0 Å². The number of benzene rings is 1. The molecule has 0 saturated heterocycles. The van der Waals surface area contributed by atoms with E-state index < -0.39 is 17.8 Å².